The van der Waals surface area contributed by atoms with Crippen LogP contribution in [-0.2, 0) is 0 Å². The van der Waals surface area contributed by atoms with Crippen LogP contribution < -0.4 is 0 Å². The average Bonchev–Trinajstić information content (AvgIpc) is 2.04. The standard InChI is InChI=1S/C9H9NO3/c1-5(10)7-4-6(9(12)13)2-3-8(7)11/h2-4,10-11H,1H3,(H,12,13). The van der Waals surface area contributed by atoms with Gasteiger partial charge in [0.2, 0.25) is 0 Å². The Morgan fingerprint density at radius 3 is 2.54 bits per heavy atom. The Morgan fingerprint density at radius 2 is 2.08 bits per heavy atom. The quantitative estimate of drug-likeness (QED) is 0.601. The van der Waals surface area contributed by atoms with Crippen molar-refractivity contribution >= 4 is 11.7 Å². The molecule has 0 aliphatic carbocycles. The van der Waals surface area contributed by atoms with E-state index in [1.807, 2.05) is 0 Å². The molecule has 0 amide bonds. The zero-order valence-corrected chi connectivity index (χ0v) is 7.03. The van der Waals surface area contributed by atoms with Gasteiger partial charge in [0.05, 0.1) is 5.56 Å². The summed E-state index contributed by atoms with van der Waals surface area (Å²) in [7, 11) is 0. The van der Waals surface area contributed by atoms with Gasteiger partial charge in [0.1, 0.15) is 5.75 Å². The van der Waals surface area contributed by atoms with E-state index in [0.29, 0.717) is 0 Å². The number of hydrogen-bond acceptors (Lipinski definition) is 3. The molecular weight excluding hydrogens is 170 g/mol. The predicted octanol–water partition coefficient (Wildman–Crippen LogP) is 1.48. The Hall–Kier alpha value is -1.84. The number of aromatic hydroxyl groups is 1. The van der Waals surface area contributed by atoms with E-state index >= 15 is 0 Å². The highest BCUT2D eigenvalue weighted by Crippen LogP contribution is 2.18. The molecule has 0 atom stereocenters. The summed E-state index contributed by atoms with van der Waals surface area (Å²) in [6.45, 7) is 1.49. The van der Waals surface area contributed by atoms with Gasteiger partial charge in [-0.1, -0.05) is 0 Å². The highest BCUT2D eigenvalue weighted by Gasteiger charge is 2.08. The second-order valence-electron chi connectivity index (χ2n) is 2.66. The number of benzene rings is 1. The van der Waals surface area contributed by atoms with Crippen molar-refractivity contribution in [3.8, 4) is 5.75 Å². The number of rotatable bonds is 2. The first-order chi connectivity index (χ1) is 6.02. The Morgan fingerprint density at radius 1 is 1.46 bits per heavy atom. The van der Waals surface area contributed by atoms with Gasteiger partial charge in [0.15, 0.2) is 0 Å². The van der Waals surface area contributed by atoms with E-state index in [9.17, 15) is 9.90 Å². The first-order valence-electron chi connectivity index (χ1n) is 3.64. The van der Waals surface area contributed by atoms with Crippen molar-refractivity contribution in [1.82, 2.24) is 0 Å². The molecular formula is C9H9NO3. The summed E-state index contributed by atoms with van der Waals surface area (Å²) in [5.41, 5.74) is 0.458. The van der Waals surface area contributed by atoms with Crippen molar-refractivity contribution in [3.05, 3.63) is 29.3 Å². The van der Waals surface area contributed by atoms with Gasteiger partial charge in [0.25, 0.3) is 0 Å². The molecule has 0 bridgehead atoms. The van der Waals surface area contributed by atoms with Gasteiger partial charge in [0, 0.05) is 11.3 Å². The average molecular weight is 179 g/mol. The van der Waals surface area contributed by atoms with Crippen LogP contribution in [0.4, 0.5) is 0 Å². The summed E-state index contributed by atoms with van der Waals surface area (Å²) in [5.74, 6) is -1.14. The Kier molecular flexibility index (Phi) is 2.32. The van der Waals surface area contributed by atoms with E-state index in [1.54, 1.807) is 0 Å². The van der Waals surface area contributed by atoms with Crippen LogP contribution >= 0.6 is 0 Å². The lowest BCUT2D eigenvalue weighted by Gasteiger charge is -2.02. The van der Waals surface area contributed by atoms with Crippen molar-refractivity contribution in [3.63, 3.8) is 0 Å². The van der Waals surface area contributed by atoms with Crippen molar-refractivity contribution in [2.75, 3.05) is 0 Å². The first kappa shape index (κ1) is 9.25. The summed E-state index contributed by atoms with van der Waals surface area (Å²) < 4.78 is 0. The molecule has 1 aromatic carbocycles. The zero-order valence-electron chi connectivity index (χ0n) is 7.03. The van der Waals surface area contributed by atoms with E-state index < -0.39 is 5.97 Å². The molecule has 1 aromatic rings. The SMILES string of the molecule is CC(=N)c1cc(C(=O)O)ccc1O. The monoisotopic (exact) mass is 179 g/mol. The summed E-state index contributed by atoms with van der Waals surface area (Å²) in [4.78, 5) is 10.5. The Labute approximate surface area is 75.0 Å². The fourth-order valence-corrected chi connectivity index (χ4v) is 0.969. The minimum Gasteiger partial charge on any atom is -0.507 e. The first-order valence-corrected chi connectivity index (χ1v) is 3.64. The van der Waals surface area contributed by atoms with Crippen molar-refractivity contribution < 1.29 is 15.0 Å². The summed E-state index contributed by atoms with van der Waals surface area (Å²) in [6.07, 6.45) is 0. The lowest BCUT2D eigenvalue weighted by Crippen LogP contribution is -2.00. The predicted molar refractivity (Wildman–Crippen MR) is 47.6 cm³/mol. The van der Waals surface area contributed by atoms with Gasteiger partial charge < -0.3 is 15.6 Å². The molecule has 68 valence electrons. The number of carboxylic acid groups (broad SMARTS) is 1. The molecule has 0 saturated heterocycles. The van der Waals surface area contributed by atoms with Gasteiger partial charge >= 0.3 is 5.97 Å². The third-order valence-electron chi connectivity index (χ3n) is 1.65. The van der Waals surface area contributed by atoms with E-state index in [4.69, 9.17) is 10.5 Å². The molecule has 3 N–H and O–H groups in total. The van der Waals surface area contributed by atoms with Crippen molar-refractivity contribution in [2.24, 2.45) is 0 Å². The van der Waals surface area contributed by atoms with Crippen LogP contribution in [-0.4, -0.2) is 21.9 Å². The molecule has 0 spiro atoms. The molecule has 0 aromatic heterocycles. The smallest absolute Gasteiger partial charge is 0.335 e. The Bertz CT molecular complexity index is 371. The van der Waals surface area contributed by atoms with Crippen LogP contribution in [0.3, 0.4) is 0 Å². The fourth-order valence-electron chi connectivity index (χ4n) is 0.969. The highest BCUT2D eigenvalue weighted by molar-refractivity contribution is 6.01. The van der Waals surface area contributed by atoms with Crippen LogP contribution in [0.5, 0.6) is 5.75 Å². The van der Waals surface area contributed by atoms with Gasteiger partial charge in [-0.25, -0.2) is 4.79 Å². The summed E-state index contributed by atoms with van der Waals surface area (Å²) in [5, 5.41) is 25.1. The molecule has 13 heavy (non-hydrogen) atoms. The number of phenolic OH excluding ortho intramolecular Hbond substituents is 1. The minimum atomic E-state index is -1.07. The third-order valence-corrected chi connectivity index (χ3v) is 1.65. The number of aromatic carboxylic acids is 1. The maximum Gasteiger partial charge on any atom is 0.335 e. The molecule has 4 nitrogen and oxygen atoms in total. The van der Waals surface area contributed by atoms with Crippen LogP contribution in [0.1, 0.15) is 22.8 Å². The molecule has 0 fully saturated rings. The lowest BCUT2D eigenvalue weighted by molar-refractivity contribution is 0.0697. The van der Waals surface area contributed by atoms with Gasteiger partial charge in [-0.15, -0.1) is 0 Å². The van der Waals surface area contributed by atoms with E-state index in [1.165, 1.54) is 25.1 Å². The molecule has 0 aliphatic rings. The third kappa shape index (κ3) is 1.84. The largest absolute Gasteiger partial charge is 0.507 e. The van der Waals surface area contributed by atoms with Gasteiger partial charge in [-0.3, -0.25) is 0 Å². The van der Waals surface area contributed by atoms with E-state index in [0.717, 1.165) is 0 Å². The minimum absolute atomic E-state index is 0.0689. The lowest BCUT2D eigenvalue weighted by atomic mass is 10.1. The zero-order chi connectivity index (χ0) is 10.0. The van der Waals surface area contributed by atoms with Crippen LogP contribution in [0, 0.1) is 5.41 Å². The molecule has 0 unspecified atom stereocenters. The molecule has 4 heteroatoms. The van der Waals surface area contributed by atoms with Crippen LogP contribution in [0.2, 0.25) is 0 Å². The molecule has 0 saturated carbocycles. The molecule has 0 radical (unpaired) electrons. The van der Waals surface area contributed by atoms with E-state index in [2.05, 4.69) is 0 Å². The number of hydrogen-bond donors (Lipinski definition) is 3. The topological polar surface area (TPSA) is 81.4 Å². The van der Waals surface area contributed by atoms with Gasteiger partial charge in [-0.2, -0.15) is 0 Å². The van der Waals surface area contributed by atoms with Crippen LogP contribution in [0.15, 0.2) is 18.2 Å². The van der Waals surface area contributed by atoms with Crippen molar-refractivity contribution in [1.29, 1.82) is 5.41 Å². The van der Waals surface area contributed by atoms with Crippen molar-refractivity contribution in [2.45, 2.75) is 6.92 Å². The number of carbonyl (C=O) groups is 1. The summed E-state index contributed by atoms with van der Waals surface area (Å²) in [6, 6.07) is 3.85. The number of carboxylic acids is 1. The normalized spacial score (nSPS) is 9.62. The number of nitrogens with one attached hydrogen (secondary N) is 1. The highest BCUT2D eigenvalue weighted by atomic mass is 16.4. The molecule has 0 aliphatic heterocycles. The molecule has 0 heterocycles. The summed E-state index contributed by atoms with van der Waals surface area (Å²) >= 11 is 0. The second-order valence-corrected chi connectivity index (χ2v) is 2.66. The maximum absolute atomic E-state index is 10.5. The van der Waals surface area contributed by atoms with Gasteiger partial charge in [-0.05, 0) is 25.1 Å². The fraction of sp³-hybridized carbons (Fsp3) is 0.111. The van der Waals surface area contributed by atoms with E-state index in [-0.39, 0.29) is 22.6 Å². The maximum atomic E-state index is 10.5. The number of phenols is 1. The van der Waals surface area contributed by atoms with Crippen LogP contribution in [0.25, 0.3) is 0 Å². The molecule has 1 rings (SSSR count). The Balaban J connectivity index is 3.27. The second kappa shape index (κ2) is 3.26.